The van der Waals surface area contributed by atoms with Crippen molar-refractivity contribution in [2.45, 2.75) is 44.6 Å². The van der Waals surface area contributed by atoms with Crippen LogP contribution in [0.1, 0.15) is 36.5 Å². The van der Waals surface area contributed by atoms with Crippen molar-refractivity contribution < 1.29 is 8.42 Å². The standard InChI is InChI=1S/C20H24N4O2S/c1-3-4-7-17-9-11-19(12-10-17)27(25,26)23-20-21-15-24(22-20)14-18-8-5-6-16(2)13-18/h5-6,8-13,15H,3-4,7,14H2,1-2H3,(H,22,23). The largest absolute Gasteiger partial charge is 0.264 e. The molecule has 0 bridgehead atoms. The molecule has 3 rings (SSSR count). The fourth-order valence-corrected chi connectivity index (χ4v) is 3.76. The van der Waals surface area contributed by atoms with Crippen LogP contribution in [0, 0.1) is 6.92 Å². The van der Waals surface area contributed by atoms with Gasteiger partial charge in [-0.05, 0) is 43.0 Å². The number of rotatable bonds is 8. The van der Waals surface area contributed by atoms with Crippen LogP contribution in [0.15, 0.2) is 59.8 Å². The minimum Gasteiger partial charge on any atom is -0.246 e. The van der Waals surface area contributed by atoms with E-state index in [1.54, 1.807) is 16.8 Å². The Bertz CT molecular complexity index is 995. The number of nitrogens with one attached hydrogen (secondary N) is 1. The fraction of sp³-hybridized carbons (Fsp3) is 0.300. The van der Waals surface area contributed by atoms with Crippen molar-refractivity contribution in [3.8, 4) is 0 Å². The predicted octanol–water partition coefficient (Wildman–Crippen LogP) is 3.78. The van der Waals surface area contributed by atoms with E-state index in [-0.39, 0.29) is 10.8 Å². The Labute approximate surface area is 160 Å². The molecule has 0 aliphatic rings. The van der Waals surface area contributed by atoms with Gasteiger partial charge in [0.05, 0.1) is 11.4 Å². The van der Waals surface area contributed by atoms with Crippen LogP contribution in [0.4, 0.5) is 5.95 Å². The first-order valence-corrected chi connectivity index (χ1v) is 10.5. The van der Waals surface area contributed by atoms with E-state index in [4.69, 9.17) is 0 Å². The number of hydrogen-bond donors (Lipinski definition) is 1. The maximum atomic E-state index is 12.5. The van der Waals surface area contributed by atoms with Crippen molar-refractivity contribution >= 4 is 16.0 Å². The highest BCUT2D eigenvalue weighted by molar-refractivity contribution is 7.92. The lowest BCUT2D eigenvalue weighted by Crippen LogP contribution is -2.14. The fourth-order valence-electron chi connectivity index (χ4n) is 2.81. The maximum absolute atomic E-state index is 12.5. The molecule has 1 aromatic heterocycles. The summed E-state index contributed by atoms with van der Waals surface area (Å²) in [6.45, 7) is 4.69. The van der Waals surface area contributed by atoms with Gasteiger partial charge in [0.15, 0.2) is 0 Å². The Morgan fingerprint density at radius 1 is 1.07 bits per heavy atom. The van der Waals surface area contributed by atoms with Gasteiger partial charge in [0, 0.05) is 0 Å². The lowest BCUT2D eigenvalue weighted by atomic mass is 10.1. The van der Waals surface area contributed by atoms with Crippen molar-refractivity contribution in [1.29, 1.82) is 0 Å². The Morgan fingerprint density at radius 2 is 1.85 bits per heavy atom. The highest BCUT2D eigenvalue weighted by atomic mass is 32.2. The van der Waals surface area contributed by atoms with Gasteiger partial charge in [-0.3, -0.25) is 0 Å². The van der Waals surface area contributed by atoms with Crippen molar-refractivity contribution in [2.75, 3.05) is 4.72 Å². The van der Waals surface area contributed by atoms with E-state index in [0.717, 1.165) is 36.0 Å². The van der Waals surface area contributed by atoms with Gasteiger partial charge in [-0.15, -0.1) is 5.10 Å². The molecule has 142 valence electrons. The zero-order valence-corrected chi connectivity index (χ0v) is 16.4. The molecule has 0 atom stereocenters. The number of benzene rings is 2. The van der Waals surface area contributed by atoms with Gasteiger partial charge in [-0.25, -0.2) is 17.8 Å². The Balaban J connectivity index is 1.68. The third kappa shape index (κ3) is 5.17. The third-order valence-electron chi connectivity index (χ3n) is 4.24. The summed E-state index contributed by atoms with van der Waals surface area (Å²) in [7, 11) is -3.71. The SMILES string of the molecule is CCCCc1ccc(S(=O)(=O)Nc2ncn(Cc3cccc(C)c3)n2)cc1. The quantitative estimate of drug-likeness (QED) is 0.641. The lowest BCUT2D eigenvalue weighted by Gasteiger charge is -2.06. The van der Waals surface area contributed by atoms with Crippen LogP contribution in [0.3, 0.4) is 0 Å². The van der Waals surface area contributed by atoms with Crippen LogP contribution in [-0.4, -0.2) is 23.2 Å². The van der Waals surface area contributed by atoms with Gasteiger partial charge in [0.25, 0.3) is 16.0 Å². The molecule has 1 N–H and O–H groups in total. The van der Waals surface area contributed by atoms with E-state index in [0.29, 0.717) is 6.54 Å². The van der Waals surface area contributed by atoms with Gasteiger partial charge >= 0.3 is 0 Å². The van der Waals surface area contributed by atoms with Crippen molar-refractivity contribution in [1.82, 2.24) is 14.8 Å². The molecule has 7 heteroatoms. The zero-order chi connectivity index (χ0) is 19.3. The summed E-state index contributed by atoms with van der Waals surface area (Å²) in [5.41, 5.74) is 3.38. The minimum absolute atomic E-state index is 0.0673. The Morgan fingerprint density at radius 3 is 2.56 bits per heavy atom. The second-order valence-electron chi connectivity index (χ2n) is 6.61. The summed E-state index contributed by atoms with van der Waals surface area (Å²) in [4.78, 5) is 4.27. The highest BCUT2D eigenvalue weighted by Gasteiger charge is 2.16. The van der Waals surface area contributed by atoms with E-state index < -0.39 is 10.0 Å². The topological polar surface area (TPSA) is 76.9 Å². The van der Waals surface area contributed by atoms with E-state index in [1.807, 2.05) is 37.3 Å². The molecule has 0 saturated carbocycles. The van der Waals surface area contributed by atoms with E-state index in [9.17, 15) is 8.42 Å². The van der Waals surface area contributed by atoms with Gasteiger partial charge < -0.3 is 0 Å². The van der Waals surface area contributed by atoms with Crippen molar-refractivity contribution in [3.05, 3.63) is 71.5 Å². The molecule has 0 aliphatic heterocycles. The van der Waals surface area contributed by atoms with E-state index in [2.05, 4.69) is 27.8 Å². The summed E-state index contributed by atoms with van der Waals surface area (Å²) in [6.07, 6.45) is 4.67. The van der Waals surface area contributed by atoms with Crippen LogP contribution >= 0.6 is 0 Å². The predicted molar refractivity (Wildman–Crippen MR) is 106 cm³/mol. The summed E-state index contributed by atoms with van der Waals surface area (Å²) in [6, 6.07) is 15.0. The molecular weight excluding hydrogens is 360 g/mol. The first-order chi connectivity index (χ1) is 13.0. The number of anilines is 1. The zero-order valence-electron chi connectivity index (χ0n) is 15.6. The third-order valence-corrected chi connectivity index (χ3v) is 5.59. The number of aryl methyl sites for hydroxylation is 2. The molecule has 27 heavy (non-hydrogen) atoms. The molecule has 2 aromatic carbocycles. The maximum Gasteiger partial charge on any atom is 0.264 e. The molecule has 0 fully saturated rings. The monoisotopic (exact) mass is 384 g/mol. The lowest BCUT2D eigenvalue weighted by molar-refractivity contribution is 0.600. The number of aromatic nitrogens is 3. The van der Waals surface area contributed by atoms with E-state index in [1.165, 1.54) is 6.33 Å². The molecule has 3 aromatic rings. The van der Waals surface area contributed by atoms with Gasteiger partial charge in [0.2, 0.25) is 0 Å². The molecule has 1 heterocycles. The van der Waals surface area contributed by atoms with Crippen LogP contribution in [0.5, 0.6) is 0 Å². The Kier molecular flexibility index (Phi) is 5.91. The average molecular weight is 385 g/mol. The van der Waals surface area contributed by atoms with Gasteiger partial charge in [-0.2, -0.15) is 4.98 Å². The summed E-state index contributed by atoms with van der Waals surface area (Å²) < 4.78 is 29.1. The first kappa shape index (κ1) is 19.1. The first-order valence-electron chi connectivity index (χ1n) is 9.03. The van der Waals surface area contributed by atoms with E-state index >= 15 is 0 Å². The number of hydrogen-bond acceptors (Lipinski definition) is 4. The van der Waals surface area contributed by atoms with Crippen LogP contribution < -0.4 is 4.72 Å². The molecule has 0 amide bonds. The molecule has 0 spiro atoms. The number of unbranched alkanes of at least 4 members (excludes halogenated alkanes) is 1. The molecule has 0 unspecified atom stereocenters. The average Bonchev–Trinajstić information content (AvgIpc) is 3.06. The van der Waals surface area contributed by atoms with Crippen LogP contribution in [0.2, 0.25) is 0 Å². The Hall–Kier alpha value is -2.67. The number of nitrogens with zero attached hydrogens (tertiary/aromatic N) is 3. The molecule has 0 aliphatic carbocycles. The van der Waals surface area contributed by atoms with Gasteiger partial charge in [0.1, 0.15) is 6.33 Å². The smallest absolute Gasteiger partial charge is 0.246 e. The number of sulfonamides is 1. The van der Waals surface area contributed by atoms with Crippen molar-refractivity contribution in [3.63, 3.8) is 0 Å². The minimum atomic E-state index is -3.71. The molecular formula is C20H24N4O2S. The summed E-state index contributed by atoms with van der Waals surface area (Å²) >= 11 is 0. The van der Waals surface area contributed by atoms with Crippen molar-refractivity contribution in [2.24, 2.45) is 0 Å². The molecule has 6 nitrogen and oxygen atoms in total. The summed E-state index contributed by atoms with van der Waals surface area (Å²) in [5.74, 6) is 0.0673. The second kappa shape index (κ2) is 8.35. The highest BCUT2D eigenvalue weighted by Crippen LogP contribution is 2.15. The molecule has 0 radical (unpaired) electrons. The molecule has 0 saturated heterocycles. The normalized spacial score (nSPS) is 11.5. The van der Waals surface area contributed by atoms with Crippen LogP contribution in [0.25, 0.3) is 0 Å². The summed E-state index contributed by atoms with van der Waals surface area (Å²) in [5, 5.41) is 4.22. The van der Waals surface area contributed by atoms with Crippen LogP contribution in [-0.2, 0) is 23.0 Å². The second-order valence-corrected chi connectivity index (χ2v) is 8.29. The van der Waals surface area contributed by atoms with Gasteiger partial charge in [-0.1, -0.05) is 55.3 Å².